The number of nitrogens with zero attached hydrogens (tertiary/aromatic N) is 1. The average molecular weight is 145 g/mol. The number of ether oxygens (including phenoxy) is 1. The largest absolute Gasteiger partial charge is 0.467 e. The summed E-state index contributed by atoms with van der Waals surface area (Å²) in [7, 11) is 1.38. The minimum Gasteiger partial charge on any atom is -0.467 e. The molecule has 1 heterocycles. The lowest BCUT2D eigenvalue weighted by molar-refractivity contribution is -0.141. The Morgan fingerprint density at radius 1 is 2.00 bits per heavy atom. The molecule has 0 fully saturated rings. The first kappa shape index (κ1) is 6.61. The summed E-state index contributed by atoms with van der Waals surface area (Å²) in [5.74, 6) is 0.489. The van der Waals surface area contributed by atoms with E-state index in [1.54, 1.807) is 5.55 Å². The van der Waals surface area contributed by atoms with E-state index in [-0.39, 0.29) is 12.0 Å². The van der Waals surface area contributed by atoms with Crippen LogP contribution in [0.2, 0.25) is 0 Å². The highest BCUT2D eigenvalue weighted by Crippen LogP contribution is 2.11. The summed E-state index contributed by atoms with van der Waals surface area (Å²) in [4.78, 5) is 14.5. The molecule has 1 rings (SSSR count). The minimum absolute atomic E-state index is 0.240. The molecule has 0 bridgehead atoms. The Hall–Kier alpha value is -0.510. The quantitative estimate of drug-likeness (QED) is 0.498. The molecule has 0 aliphatic carbocycles. The zero-order valence-corrected chi connectivity index (χ0v) is 5.85. The zero-order chi connectivity index (χ0) is 6.69. The Kier molecular flexibility index (Phi) is 2.10. The maximum atomic E-state index is 10.7. The van der Waals surface area contributed by atoms with Gasteiger partial charge >= 0.3 is 5.97 Å². The standard InChI is InChI=1S/C5H7NO2S/c1-8-5(7)4-2-9-3-6-4/h3-4H,2H2,1H3/t4-/m1/s1. The molecular formula is C5H7NO2S. The second kappa shape index (κ2) is 2.87. The van der Waals surface area contributed by atoms with Gasteiger partial charge in [0.15, 0.2) is 6.04 Å². The summed E-state index contributed by atoms with van der Waals surface area (Å²) in [6, 6.07) is -0.250. The van der Waals surface area contributed by atoms with Crippen molar-refractivity contribution in [1.82, 2.24) is 0 Å². The molecule has 0 aromatic rings. The Morgan fingerprint density at radius 2 is 2.78 bits per heavy atom. The van der Waals surface area contributed by atoms with Crippen LogP contribution in [0.3, 0.4) is 0 Å². The van der Waals surface area contributed by atoms with Gasteiger partial charge in [-0.3, -0.25) is 4.99 Å². The van der Waals surface area contributed by atoms with Crippen molar-refractivity contribution in [1.29, 1.82) is 0 Å². The van der Waals surface area contributed by atoms with Crippen LogP contribution in [-0.2, 0) is 9.53 Å². The molecule has 0 N–H and O–H groups in total. The molecule has 0 aromatic heterocycles. The molecule has 0 radical (unpaired) electrons. The molecule has 0 saturated heterocycles. The first-order valence-electron chi connectivity index (χ1n) is 2.55. The number of aliphatic imine (C=N–C) groups is 1. The number of methoxy groups -OCH3 is 1. The maximum Gasteiger partial charge on any atom is 0.331 e. The predicted octanol–water partition coefficient (Wildman–Crippen LogP) is 0.303. The first-order chi connectivity index (χ1) is 4.34. The topological polar surface area (TPSA) is 38.7 Å². The number of thioether (sulfide) groups is 1. The second-order valence-electron chi connectivity index (χ2n) is 1.63. The molecule has 4 heteroatoms. The van der Waals surface area contributed by atoms with Crippen molar-refractivity contribution in [3.8, 4) is 0 Å². The van der Waals surface area contributed by atoms with Crippen LogP contribution in [0.4, 0.5) is 0 Å². The van der Waals surface area contributed by atoms with E-state index < -0.39 is 0 Å². The monoisotopic (exact) mass is 145 g/mol. The Morgan fingerprint density at radius 3 is 3.22 bits per heavy atom. The van der Waals surface area contributed by atoms with Gasteiger partial charge in [-0.2, -0.15) is 0 Å². The summed E-state index contributed by atoms with van der Waals surface area (Å²) < 4.78 is 4.47. The fourth-order valence-electron chi connectivity index (χ4n) is 0.559. The van der Waals surface area contributed by atoms with Crippen molar-refractivity contribution in [3.63, 3.8) is 0 Å². The highest BCUT2D eigenvalue weighted by molar-refractivity contribution is 8.12. The third-order valence-electron chi connectivity index (χ3n) is 1.04. The van der Waals surface area contributed by atoms with Gasteiger partial charge in [-0.1, -0.05) is 0 Å². The summed E-state index contributed by atoms with van der Waals surface area (Å²) in [5, 5.41) is 0. The van der Waals surface area contributed by atoms with E-state index in [0.29, 0.717) is 0 Å². The maximum absolute atomic E-state index is 10.7. The van der Waals surface area contributed by atoms with E-state index in [2.05, 4.69) is 9.73 Å². The molecule has 1 aliphatic rings. The number of rotatable bonds is 1. The molecule has 3 nitrogen and oxygen atoms in total. The normalized spacial score (nSPS) is 24.3. The van der Waals surface area contributed by atoms with Crippen LogP contribution in [0.25, 0.3) is 0 Å². The lowest BCUT2D eigenvalue weighted by atomic mass is 10.4. The molecule has 0 saturated carbocycles. The average Bonchev–Trinajstić information content (AvgIpc) is 2.37. The van der Waals surface area contributed by atoms with E-state index in [4.69, 9.17) is 0 Å². The van der Waals surface area contributed by atoms with Crippen LogP contribution in [0.1, 0.15) is 0 Å². The van der Waals surface area contributed by atoms with Crippen LogP contribution in [0, 0.1) is 0 Å². The highest BCUT2D eigenvalue weighted by atomic mass is 32.2. The second-order valence-corrected chi connectivity index (χ2v) is 2.50. The third kappa shape index (κ3) is 1.45. The van der Waals surface area contributed by atoms with Crippen molar-refractivity contribution < 1.29 is 9.53 Å². The van der Waals surface area contributed by atoms with E-state index >= 15 is 0 Å². The number of hydrogen-bond acceptors (Lipinski definition) is 4. The van der Waals surface area contributed by atoms with Crippen molar-refractivity contribution in [2.24, 2.45) is 4.99 Å². The third-order valence-corrected chi connectivity index (χ3v) is 1.82. The number of esters is 1. The predicted molar refractivity (Wildman–Crippen MR) is 36.8 cm³/mol. The van der Waals surface area contributed by atoms with E-state index in [1.807, 2.05) is 0 Å². The van der Waals surface area contributed by atoms with Gasteiger partial charge in [0.1, 0.15) is 0 Å². The van der Waals surface area contributed by atoms with E-state index in [1.165, 1.54) is 18.9 Å². The van der Waals surface area contributed by atoms with Crippen molar-refractivity contribution in [2.75, 3.05) is 12.9 Å². The summed E-state index contributed by atoms with van der Waals surface area (Å²) >= 11 is 1.53. The molecule has 0 spiro atoms. The van der Waals surface area contributed by atoms with E-state index in [0.717, 1.165) is 5.75 Å². The smallest absolute Gasteiger partial charge is 0.331 e. The van der Waals surface area contributed by atoms with Crippen molar-refractivity contribution in [3.05, 3.63) is 0 Å². The highest BCUT2D eigenvalue weighted by Gasteiger charge is 2.19. The van der Waals surface area contributed by atoms with E-state index in [9.17, 15) is 4.79 Å². The summed E-state index contributed by atoms with van der Waals surface area (Å²) in [6.45, 7) is 0. The lowest BCUT2D eigenvalue weighted by Crippen LogP contribution is -2.19. The fraction of sp³-hybridized carbons (Fsp3) is 0.600. The Labute approximate surface area is 57.5 Å². The SMILES string of the molecule is COC(=O)[C@H]1CSC=N1. The molecule has 1 aliphatic heterocycles. The zero-order valence-electron chi connectivity index (χ0n) is 5.03. The van der Waals surface area contributed by atoms with Gasteiger partial charge in [0.05, 0.1) is 12.7 Å². The van der Waals surface area contributed by atoms with Crippen molar-refractivity contribution >= 4 is 23.3 Å². The number of carbonyl (C=O) groups is 1. The number of carbonyl (C=O) groups excluding carboxylic acids is 1. The van der Waals surface area contributed by atoms with Gasteiger partial charge in [-0.25, -0.2) is 4.79 Å². The van der Waals surface area contributed by atoms with Gasteiger partial charge < -0.3 is 4.74 Å². The van der Waals surface area contributed by atoms with Gasteiger partial charge in [-0.05, 0) is 0 Å². The van der Waals surface area contributed by atoms with Crippen LogP contribution in [0.15, 0.2) is 4.99 Å². The summed E-state index contributed by atoms with van der Waals surface area (Å²) in [6.07, 6.45) is 0. The lowest BCUT2D eigenvalue weighted by Gasteiger charge is -2.00. The fourth-order valence-corrected chi connectivity index (χ4v) is 1.28. The molecule has 0 amide bonds. The van der Waals surface area contributed by atoms with Gasteiger partial charge in [0, 0.05) is 5.75 Å². The van der Waals surface area contributed by atoms with Crippen LogP contribution < -0.4 is 0 Å². The number of hydrogen-bond donors (Lipinski definition) is 0. The Bertz CT molecular complexity index is 146. The summed E-state index contributed by atoms with van der Waals surface area (Å²) in [5.41, 5.74) is 1.68. The molecular weight excluding hydrogens is 138 g/mol. The van der Waals surface area contributed by atoms with Crippen molar-refractivity contribution in [2.45, 2.75) is 6.04 Å². The minimum atomic E-state index is -0.250. The van der Waals surface area contributed by atoms with Crippen LogP contribution in [0.5, 0.6) is 0 Å². The van der Waals surface area contributed by atoms with Crippen LogP contribution >= 0.6 is 11.8 Å². The van der Waals surface area contributed by atoms with Crippen LogP contribution in [-0.4, -0.2) is 30.4 Å². The molecule has 0 unspecified atom stereocenters. The molecule has 1 atom stereocenters. The first-order valence-corrected chi connectivity index (χ1v) is 3.60. The molecule has 9 heavy (non-hydrogen) atoms. The van der Waals surface area contributed by atoms with Gasteiger partial charge in [0.25, 0.3) is 0 Å². The van der Waals surface area contributed by atoms with Gasteiger partial charge in [-0.15, -0.1) is 11.8 Å². The molecule has 0 aromatic carbocycles. The van der Waals surface area contributed by atoms with Gasteiger partial charge in [0.2, 0.25) is 0 Å². The molecule has 50 valence electrons. The Balaban J connectivity index is 2.43.